The summed E-state index contributed by atoms with van der Waals surface area (Å²) in [6, 6.07) is 71.0. The molecule has 0 atom stereocenters. The number of para-hydroxylation sites is 1. The number of rotatable bonds is 6. The summed E-state index contributed by atoms with van der Waals surface area (Å²) in [6.45, 7) is 0. The van der Waals surface area contributed by atoms with Gasteiger partial charge in [-0.1, -0.05) is 140 Å². The number of benzene rings is 9. The van der Waals surface area contributed by atoms with Gasteiger partial charge in [0.05, 0.1) is 5.39 Å². The van der Waals surface area contributed by atoms with Crippen LogP contribution in [0.15, 0.2) is 209 Å². The maximum absolute atomic E-state index is 6.50. The van der Waals surface area contributed by atoms with Gasteiger partial charge >= 0.3 is 0 Å². The van der Waals surface area contributed by atoms with Gasteiger partial charge in [-0.05, 0) is 105 Å². The van der Waals surface area contributed by atoms with Crippen LogP contribution < -0.4 is 4.90 Å². The molecule has 0 radical (unpaired) electrons. The summed E-state index contributed by atoms with van der Waals surface area (Å²) in [5.41, 5.74) is 13.7. The van der Waals surface area contributed by atoms with Crippen LogP contribution in [0, 0.1) is 0 Å². The number of hydrogen-bond acceptors (Lipinski definition) is 3. The third kappa shape index (κ3) is 5.20. The standard InChI is InChI=1S/C52H33NO2/c1-2-10-34(11-3-1)35-20-26-39(27-21-35)53(40-28-22-37(23-29-40)43-16-8-13-36-12-4-5-14-42(36)43)41-30-24-38(25-31-41)44-17-9-19-48-50(44)51-49(54-48)33-32-46-45-15-6-7-18-47(45)55-52(46)51/h1-33H. The van der Waals surface area contributed by atoms with E-state index in [4.69, 9.17) is 8.83 Å². The lowest BCUT2D eigenvalue weighted by Crippen LogP contribution is -2.09. The predicted molar refractivity (Wildman–Crippen MR) is 229 cm³/mol. The summed E-state index contributed by atoms with van der Waals surface area (Å²) < 4.78 is 12.9. The largest absolute Gasteiger partial charge is 0.456 e. The lowest BCUT2D eigenvalue weighted by molar-refractivity contribution is 0.663. The Hall–Kier alpha value is -7.36. The first-order valence-corrected chi connectivity index (χ1v) is 18.7. The summed E-state index contributed by atoms with van der Waals surface area (Å²) >= 11 is 0. The fourth-order valence-electron chi connectivity index (χ4n) is 8.26. The second kappa shape index (κ2) is 12.6. The van der Waals surface area contributed by atoms with Gasteiger partial charge in [-0.3, -0.25) is 0 Å². The zero-order chi connectivity index (χ0) is 36.3. The summed E-state index contributed by atoms with van der Waals surface area (Å²) in [4.78, 5) is 2.33. The number of furan rings is 2. The Morgan fingerprint density at radius 2 is 0.818 bits per heavy atom. The van der Waals surface area contributed by atoms with E-state index in [1.807, 2.05) is 18.2 Å². The van der Waals surface area contributed by atoms with Crippen LogP contribution in [0.4, 0.5) is 17.1 Å². The molecule has 0 unspecified atom stereocenters. The molecule has 2 heterocycles. The second-order valence-electron chi connectivity index (χ2n) is 14.1. The highest BCUT2D eigenvalue weighted by Gasteiger charge is 2.20. The van der Waals surface area contributed by atoms with E-state index in [9.17, 15) is 0 Å². The molecule has 0 spiro atoms. The molecule has 55 heavy (non-hydrogen) atoms. The van der Waals surface area contributed by atoms with Gasteiger partial charge in [0, 0.05) is 33.2 Å². The van der Waals surface area contributed by atoms with E-state index in [0.29, 0.717) is 0 Å². The van der Waals surface area contributed by atoms with E-state index in [1.165, 1.54) is 33.0 Å². The molecule has 0 saturated heterocycles. The summed E-state index contributed by atoms with van der Waals surface area (Å²) in [7, 11) is 0. The highest BCUT2D eigenvalue weighted by molar-refractivity contribution is 6.24. The van der Waals surface area contributed by atoms with Crippen LogP contribution in [-0.2, 0) is 0 Å². The fraction of sp³-hybridized carbons (Fsp3) is 0. The molecular weight excluding hydrogens is 671 g/mol. The molecule has 0 bridgehead atoms. The topological polar surface area (TPSA) is 29.5 Å². The molecule has 0 aliphatic carbocycles. The molecule has 258 valence electrons. The summed E-state index contributed by atoms with van der Waals surface area (Å²) in [5.74, 6) is 0. The smallest absolute Gasteiger partial charge is 0.147 e. The highest BCUT2D eigenvalue weighted by atomic mass is 16.3. The second-order valence-corrected chi connectivity index (χ2v) is 14.1. The third-order valence-electron chi connectivity index (χ3n) is 10.9. The van der Waals surface area contributed by atoms with Crippen molar-refractivity contribution in [1.29, 1.82) is 0 Å². The molecule has 0 N–H and O–H groups in total. The number of nitrogens with zero attached hydrogens (tertiary/aromatic N) is 1. The van der Waals surface area contributed by atoms with Crippen LogP contribution in [-0.4, -0.2) is 0 Å². The van der Waals surface area contributed by atoms with E-state index in [2.05, 4.69) is 187 Å². The minimum absolute atomic E-state index is 0.822. The van der Waals surface area contributed by atoms with Crippen molar-refractivity contribution >= 4 is 71.7 Å². The van der Waals surface area contributed by atoms with Crippen molar-refractivity contribution in [3.05, 3.63) is 200 Å². The molecule has 0 fully saturated rings. The van der Waals surface area contributed by atoms with Crippen LogP contribution in [0.3, 0.4) is 0 Å². The normalized spacial score (nSPS) is 11.6. The van der Waals surface area contributed by atoms with Crippen molar-refractivity contribution < 1.29 is 8.83 Å². The molecule has 9 aromatic carbocycles. The Balaban J connectivity index is 1.02. The van der Waals surface area contributed by atoms with Crippen LogP contribution >= 0.6 is 0 Å². The third-order valence-corrected chi connectivity index (χ3v) is 10.9. The van der Waals surface area contributed by atoms with Gasteiger partial charge in [0.15, 0.2) is 0 Å². The van der Waals surface area contributed by atoms with Crippen molar-refractivity contribution in [2.45, 2.75) is 0 Å². The summed E-state index contributed by atoms with van der Waals surface area (Å²) in [5, 5.41) is 6.77. The van der Waals surface area contributed by atoms with Crippen molar-refractivity contribution in [1.82, 2.24) is 0 Å². The van der Waals surface area contributed by atoms with E-state index in [-0.39, 0.29) is 0 Å². The van der Waals surface area contributed by atoms with Crippen molar-refractivity contribution in [3.63, 3.8) is 0 Å². The van der Waals surface area contributed by atoms with Gasteiger partial charge in [-0.15, -0.1) is 0 Å². The van der Waals surface area contributed by atoms with E-state index in [0.717, 1.165) is 72.1 Å². The minimum Gasteiger partial charge on any atom is -0.456 e. The maximum Gasteiger partial charge on any atom is 0.147 e. The Morgan fingerprint density at radius 3 is 1.56 bits per heavy atom. The first kappa shape index (κ1) is 31.2. The van der Waals surface area contributed by atoms with Crippen molar-refractivity contribution in [2.75, 3.05) is 4.90 Å². The van der Waals surface area contributed by atoms with Crippen LogP contribution in [0.2, 0.25) is 0 Å². The Morgan fingerprint density at radius 1 is 0.291 bits per heavy atom. The Bertz CT molecular complexity index is 3170. The number of hydrogen-bond donors (Lipinski definition) is 0. The van der Waals surface area contributed by atoms with E-state index in [1.54, 1.807) is 0 Å². The molecule has 11 aromatic rings. The van der Waals surface area contributed by atoms with Crippen molar-refractivity contribution in [2.24, 2.45) is 0 Å². The fourth-order valence-corrected chi connectivity index (χ4v) is 8.26. The quantitative estimate of drug-likeness (QED) is 0.173. The molecule has 0 saturated carbocycles. The zero-order valence-electron chi connectivity index (χ0n) is 29.8. The van der Waals surface area contributed by atoms with Gasteiger partial charge in [0.1, 0.15) is 22.3 Å². The highest BCUT2D eigenvalue weighted by Crippen LogP contribution is 2.44. The van der Waals surface area contributed by atoms with Gasteiger partial charge in [0.25, 0.3) is 0 Å². The lowest BCUT2D eigenvalue weighted by atomic mass is 9.97. The summed E-state index contributed by atoms with van der Waals surface area (Å²) in [6.07, 6.45) is 0. The maximum atomic E-state index is 6.50. The molecule has 3 heteroatoms. The molecule has 0 amide bonds. The average molecular weight is 704 g/mol. The SMILES string of the molecule is c1ccc(-c2ccc(N(c3ccc(-c4cccc5ccccc45)cc3)c3ccc(-c4cccc5oc6ccc7c8ccccc8oc7c6c45)cc3)cc2)cc1. The van der Waals surface area contributed by atoms with Crippen LogP contribution in [0.5, 0.6) is 0 Å². The molecule has 11 rings (SSSR count). The predicted octanol–water partition coefficient (Wildman–Crippen LogP) is 15.1. The minimum atomic E-state index is 0.822. The van der Waals surface area contributed by atoms with E-state index >= 15 is 0 Å². The zero-order valence-corrected chi connectivity index (χ0v) is 29.8. The van der Waals surface area contributed by atoms with Crippen LogP contribution in [0.25, 0.3) is 88.0 Å². The Labute approximate surface area is 317 Å². The van der Waals surface area contributed by atoms with Crippen molar-refractivity contribution in [3.8, 4) is 33.4 Å². The molecule has 3 nitrogen and oxygen atoms in total. The van der Waals surface area contributed by atoms with Gasteiger partial charge < -0.3 is 13.7 Å². The molecule has 0 aliphatic heterocycles. The molecular formula is C52H33NO2. The first-order valence-electron chi connectivity index (χ1n) is 18.7. The molecule has 0 aliphatic rings. The van der Waals surface area contributed by atoms with Gasteiger partial charge in [0.2, 0.25) is 0 Å². The molecule has 2 aromatic heterocycles. The van der Waals surface area contributed by atoms with E-state index < -0.39 is 0 Å². The monoisotopic (exact) mass is 703 g/mol. The van der Waals surface area contributed by atoms with Crippen LogP contribution in [0.1, 0.15) is 0 Å². The Kier molecular flexibility index (Phi) is 7.17. The first-order chi connectivity index (χ1) is 27.3. The van der Waals surface area contributed by atoms with Gasteiger partial charge in [-0.2, -0.15) is 0 Å². The van der Waals surface area contributed by atoms with Gasteiger partial charge in [-0.25, -0.2) is 0 Å². The number of fused-ring (bicyclic) bond motifs is 8. The average Bonchev–Trinajstić information content (AvgIpc) is 3.83. The number of anilines is 3. The lowest BCUT2D eigenvalue weighted by Gasteiger charge is -2.26.